The monoisotopic (exact) mass is 374 g/mol. The number of hydrogen-bond donors (Lipinski definition) is 0. The van der Waals surface area contributed by atoms with E-state index in [0.717, 1.165) is 31.3 Å². The van der Waals surface area contributed by atoms with Crippen molar-refractivity contribution in [3.8, 4) is 11.1 Å². The lowest BCUT2D eigenvalue weighted by Crippen LogP contribution is -2.12. The zero-order valence-corrected chi connectivity index (χ0v) is 17.1. The molecule has 2 aromatic rings. The van der Waals surface area contributed by atoms with Gasteiger partial charge in [0.05, 0.1) is 6.61 Å². The summed E-state index contributed by atoms with van der Waals surface area (Å²) in [7, 11) is 0. The highest BCUT2D eigenvalue weighted by molar-refractivity contribution is 5.64. The minimum absolute atomic E-state index is 0.685. The summed E-state index contributed by atoms with van der Waals surface area (Å²) in [6.45, 7) is 9.11. The van der Waals surface area contributed by atoms with Crippen LogP contribution >= 0.6 is 0 Å². The van der Waals surface area contributed by atoms with Gasteiger partial charge in [-0.15, -0.1) is 13.2 Å². The molecule has 28 heavy (non-hydrogen) atoms. The lowest BCUT2D eigenvalue weighted by Gasteiger charge is -2.28. The van der Waals surface area contributed by atoms with Gasteiger partial charge in [0, 0.05) is 6.61 Å². The van der Waals surface area contributed by atoms with Gasteiger partial charge in [-0.1, -0.05) is 60.7 Å². The molecule has 1 aliphatic carbocycles. The van der Waals surface area contributed by atoms with Crippen LogP contribution in [0.25, 0.3) is 11.1 Å². The smallest absolute Gasteiger partial charge is 0.0716 e. The van der Waals surface area contributed by atoms with Gasteiger partial charge in [0.25, 0.3) is 0 Å². The molecule has 0 unspecified atom stereocenters. The van der Waals surface area contributed by atoms with Crippen LogP contribution in [-0.4, -0.2) is 6.61 Å². The van der Waals surface area contributed by atoms with Crippen LogP contribution in [0, 0.1) is 5.92 Å². The maximum absolute atomic E-state index is 5.72. The molecule has 0 bridgehead atoms. The fourth-order valence-electron chi connectivity index (χ4n) is 4.23. The van der Waals surface area contributed by atoms with Gasteiger partial charge in [0.1, 0.15) is 0 Å². The number of hydrogen-bond acceptors (Lipinski definition) is 1. The van der Waals surface area contributed by atoms with E-state index in [-0.39, 0.29) is 0 Å². The van der Waals surface area contributed by atoms with Crippen LogP contribution in [0.3, 0.4) is 0 Å². The molecule has 0 aromatic heterocycles. The van der Waals surface area contributed by atoms with Crippen molar-refractivity contribution in [2.75, 3.05) is 6.61 Å². The lowest BCUT2D eigenvalue weighted by atomic mass is 9.77. The third-order valence-corrected chi connectivity index (χ3v) is 5.98. The quantitative estimate of drug-likeness (QED) is 0.306. The van der Waals surface area contributed by atoms with Gasteiger partial charge in [-0.3, -0.25) is 0 Å². The van der Waals surface area contributed by atoms with Crippen LogP contribution in [0.15, 0.2) is 73.8 Å². The molecule has 3 rings (SSSR count). The lowest BCUT2D eigenvalue weighted by molar-refractivity contribution is 0.119. The molecular formula is C27H34O. The summed E-state index contributed by atoms with van der Waals surface area (Å²) >= 11 is 0. The van der Waals surface area contributed by atoms with Crippen molar-refractivity contribution in [1.82, 2.24) is 0 Å². The van der Waals surface area contributed by atoms with Crippen molar-refractivity contribution in [2.24, 2.45) is 5.92 Å². The van der Waals surface area contributed by atoms with Gasteiger partial charge in [0.2, 0.25) is 0 Å². The predicted molar refractivity (Wildman–Crippen MR) is 120 cm³/mol. The summed E-state index contributed by atoms with van der Waals surface area (Å²) in [4.78, 5) is 0. The average molecular weight is 375 g/mol. The minimum Gasteiger partial charge on any atom is -0.377 e. The predicted octanol–water partition coefficient (Wildman–Crippen LogP) is 7.69. The first-order chi connectivity index (χ1) is 13.8. The maximum Gasteiger partial charge on any atom is 0.0716 e. The van der Waals surface area contributed by atoms with Crippen molar-refractivity contribution >= 4 is 0 Å². The Morgan fingerprint density at radius 2 is 1.46 bits per heavy atom. The first kappa shape index (κ1) is 20.6. The molecule has 0 N–H and O–H groups in total. The third-order valence-electron chi connectivity index (χ3n) is 5.98. The van der Waals surface area contributed by atoms with Gasteiger partial charge in [0.15, 0.2) is 0 Å². The maximum atomic E-state index is 5.72. The standard InChI is InChI=1S/C27H34O/c1-3-5-6-20-28-21-23-10-14-25(15-11-23)27-18-16-26(17-19-27)24-12-8-22(7-4-2)9-13-24/h3-4,10-11,14-19,22,24H,1-2,5-9,12-13,20-21H2/t22-,24-. The van der Waals surface area contributed by atoms with Crippen molar-refractivity contribution in [2.45, 2.75) is 57.5 Å². The highest BCUT2D eigenvalue weighted by Gasteiger charge is 2.21. The molecule has 1 fully saturated rings. The van der Waals surface area contributed by atoms with Crippen LogP contribution in [0.2, 0.25) is 0 Å². The van der Waals surface area contributed by atoms with Gasteiger partial charge in [-0.25, -0.2) is 0 Å². The zero-order chi connectivity index (χ0) is 19.6. The largest absolute Gasteiger partial charge is 0.377 e. The van der Waals surface area contributed by atoms with Crippen molar-refractivity contribution in [1.29, 1.82) is 0 Å². The molecule has 0 spiro atoms. The number of allylic oxidation sites excluding steroid dienone is 2. The molecule has 1 aliphatic rings. The third kappa shape index (κ3) is 5.94. The molecule has 0 heterocycles. The summed E-state index contributed by atoms with van der Waals surface area (Å²) in [5.41, 5.74) is 5.31. The average Bonchev–Trinajstić information content (AvgIpc) is 2.75. The Morgan fingerprint density at radius 1 is 0.821 bits per heavy atom. The first-order valence-corrected chi connectivity index (χ1v) is 10.8. The van der Waals surface area contributed by atoms with Crippen LogP contribution in [0.5, 0.6) is 0 Å². The Labute approximate surface area is 171 Å². The van der Waals surface area contributed by atoms with Gasteiger partial charge >= 0.3 is 0 Å². The summed E-state index contributed by atoms with van der Waals surface area (Å²) in [6.07, 6.45) is 12.6. The molecule has 0 aliphatic heterocycles. The molecule has 0 atom stereocenters. The van der Waals surface area contributed by atoms with Crippen LogP contribution < -0.4 is 0 Å². The van der Waals surface area contributed by atoms with Gasteiger partial charge in [-0.2, -0.15) is 0 Å². The molecule has 1 nitrogen and oxygen atoms in total. The number of ether oxygens (including phenoxy) is 1. The second-order valence-electron chi connectivity index (χ2n) is 8.04. The fourth-order valence-corrected chi connectivity index (χ4v) is 4.23. The van der Waals surface area contributed by atoms with E-state index in [4.69, 9.17) is 4.74 Å². The second-order valence-corrected chi connectivity index (χ2v) is 8.04. The molecule has 1 heteroatoms. The summed E-state index contributed by atoms with van der Waals surface area (Å²) < 4.78 is 5.72. The summed E-state index contributed by atoms with van der Waals surface area (Å²) in [6, 6.07) is 18.0. The van der Waals surface area contributed by atoms with Crippen LogP contribution in [-0.2, 0) is 11.3 Å². The van der Waals surface area contributed by atoms with E-state index in [1.807, 2.05) is 6.08 Å². The topological polar surface area (TPSA) is 9.23 Å². The van der Waals surface area contributed by atoms with Crippen molar-refractivity contribution < 1.29 is 4.74 Å². The Morgan fingerprint density at radius 3 is 2.07 bits per heavy atom. The summed E-state index contributed by atoms with van der Waals surface area (Å²) in [5.74, 6) is 1.59. The van der Waals surface area contributed by atoms with Crippen molar-refractivity contribution in [3.63, 3.8) is 0 Å². The molecule has 0 amide bonds. The van der Waals surface area contributed by atoms with E-state index in [1.165, 1.54) is 54.4 Å². The molecule has 0 saturated heterocycles. The first-order valence-electron chi connectivity index (χ1n) is 10.8. The minimum atomic E-state index is 0.685. The number of unbranched alkanes of at least 4 members (excludes halogenated alkanes) is 1. The van der Waals surface area contributed by atoms with E-state index in [1.54, 1.807) is 0 Å². The highest BCUT2D eigenvalue weighted by atomic mass is 16.5. The van der Waals surface area contributed by atoms with E-state index in [2.05, 4.69) is 67.8 Å². The number of rotatable bonds is 10. The molecule has 2 aromatic carbocycles. The SMILES string of the molecule is C=CCCCOCc1ccc(-c2ccc([C@H]3CC[C@H](CC=C)CC3)cc2)cc1. The Hall–Kier alpha value is -2.12. The zero-order valence-electron chi connectivity index (χ0n) is 17.1. The molecule has 1 saturated carbocycles. The van der Waals surface area contributed by atoms with Crippen molar-refractivity contribution in [3.05, 3.63) is 85.0 Å². The second kappa shape index (κ2) is 11.0. The highest BCUT2D eigenvalue weighted by Crippen LogP contribution is 2.37. The molecule has 148 valence electrons. The van der Waals surface area contributed by atoms with E-state index < -0.39 is 0 Å². The van der Waals surface area contributed by atoms with Crippen LogP contribution in [0.1, 0.15) is 62.0 Å². The molecular weight excluding hydrogens is 340 g/mol. The normalized spacial score (nSPS) is 19.3. The van der Waals surface area contributed by atoms with Crippen LogP contribution in [0.4, 0.5) is 0 Å². The number of benzene rings is 2. The van der Waals surface area contributed by atoms with E-state index >= 15 is 0 Å². The Kier molecular flexibility index (Phi) is 8.11. The van der Waals surface area contributed by atoms with E-state index in [9.17, 15) is 0 Å². The fraction of sp³-hybridized carbons (Fsp3) is 0.407. The van der Waals surface area contributed by atoms with Gasteiger partial charge < -0.3 is 4.74 Å². The summed E-state index contributed by atoms with van der Waals surface area (Å²) in [5, 5.41) is 0. The Bertz CT molecular complexity index is 718. The van der Waals surface area contributed by atoms with Gasteiger partial charge in [-0.05, 0) is 79.0 Å². The Balaban J connectivity index is 1.52. The van der Waals surface area contributed by atoms with E-state index in [0.29, 0.717) is 6.61 Å². The molecule has 0 radical (unpaired) electrons.